The molecule has 1 heterocycles. The molecule has 0 saturated heterocycles. The zero-order valence-corrected chi connectivity index (χ0v) is 26.3. The van der Waals surface area contributed by atoms with Gasteiger partial charge in [0.25, 0.3) is 0 Å². The predicted octanol–water partition coefficient (Wildman–Crippen LogP) is 9.69. The van der Waals surface area contributed by atoms with E-state index >= 15 is 0 Å². The van der Waals surface area contributed by atoms with Crippen molar-refractivity contribution in [2.45, 2.75) is 92.9 Å². The van der Waals surface area contributed by atoms with Crippen LogP contribution in [0.1, 0.15) is 91.2 Å². The molecule has 0 radical (unpaired) electrons. The molecule has 0 bridgehead atoms. The van der Waals surface area contributed by atoms with E-state index in [9.17, 15) is 0 Å². The Morgan fingerprint density at radius 2 is 1.92 bits per heavy atom. The Balaban J connectivity index is 0.00000247. The number of hydrogen-bond donors (Lipinski definition) is 0. The van der Waals surface area contributed by atoms with Crippen molar-refractivity contribution < 1.29 is 0 Å². The first kappa shape index (κ1) is 31.9. The number of aryl methyl sites for hydroxylation is 2. The number of nitrogens with zero attached hydrogens (tertiary/aromatic N) is 2. The van der Waals surface area contributed by atoms with Crippen molar-refractivity contribution in [1.82, 2.24) is 9.97 Å². The average molecular weight is 531 g/mol. The zero-order chi connectivity index (χ0) is 28.3. The second-order valence-electron chi connectivity index (χ2n) is 11.2. The van der Waals surface area contributed by atoms with Crippen molar-refractivity contribution in [3.8, 4) is 11.3 Å². The van der Waals surface area contributed by atoms with Crippen LogP contribution >= 0.6 is 8.58 Å². The topological polar surface area (TPSA) is 25.8 Å². The van der Waals surface area contributed by atoms with Crippen LogP contribution < -0.4 is 5.30 Å². The molecular formula is C35H51N2P. The Labute approximate surface area is 235 Å². The lowest BCUT2D eigenvalue weighted by atomic mass is 9.71. The molecule has 2 nitrogen and oxygen atoms in total. The molecular weight excluding hydrogens is 479 g/mol. The smallest absolute Gasteiger partial charge is 0.0933 e. The van der Waals surface area contributed by atoms with Crippen LogP contribution in [0.4, 0.5) is 0 Å². The van der Waals surface area contributed by atoms with Crippen LogP contribution in [0.2, 0.25) is 0 Å². The van der Waals surface area contributed by atoms with Crippen molar-refractivity contribution in [2.24, 2.45) is 11.8 Å². The van der Waals surface area contributed by atoms with E-state index in [0.717, 1.165) is 63.3 Å². The third-order valence-electron chi connectivity index (χ3n) is 7.12. The summed E-state index contributed by atoms with van der Waals surface area (Å²) in [6, 6.07) is 8.91. The Bertz CT molecular complexity index is 1140. The fourth-order valence-corrected chi connectivity index (χ4v) is 6.80. The van der Waals surface area contributed by atoms with Crippen LogP contribution in [0.5, 0.6) is 0 Å². The summed E-state index contributed by atoms with van der Waals surface area (Å²) in [5, 5.41) is 1.41. The van der Waals surface area contributed by atoms with Gasteiger partial charge in [-0.05, 0) is 76.2 Å². The molecule has 0 spiro atoms. The van der Waals surface area contributed by atoms with Crippen molar-refractivity contribution >= 4 is 13.9 Å². The SMILES string of the molecule is C=CCCc1nc(-c2ccccc2PC[C@H](C)C/C(C)=C\C(=C)C)c(C2(C)CC=CC(C)C2)nc1C.CC. The van der Waals surface area contributed by atoms with Gasteiger partial charge in [-0.1, -0.05) is 109 Å². The van der Waals surface area contributed by atoms with Gasteiger partial charge in [0.1, 0.15) is 0 Å². The van der Waals surface area contributed by atoms with Gasteiger partial charge in [-0.2, -0.15) is 0 Å². The minimum Gasteiger partial charge on any atom is -0.253 e. The fraction of sp³-hybridized carbons (Fsp3) is 0.486. The summed E-state index contributed by atoms with van der Waals surface area (Å²) in [6.07, 6.45) is 15.1. The maximum Gasteiger partial charge on any atom is 0.0933 e. The minimum absolute atomic E-state index is 0.00774. The molecule has 1 aromatic heterocycles. The molecule has 0 fully saturated rings. The van der Waals surface area contributed by atoms with E-state index in [1.165, 1.54) is 28.3 Å². The van der Waals surface area contributed by atoms with Gasteiger partial charge in [0.05, 0.1) is 22.8 Å². The molecule has 0 aliphatic heterocycles. The summed E-state index contributed by atoms with van der Waals surface area (Å²) >= 11 is 0. The predicted molar refractivity (Wildman–Crippen MR) is 172 cm³/mol. The number of benzene rings is 1. The zero-order valence-electron chi connectivity index (χ0n) is 25.3. The van der Waals surface area contributed by atoms with Crippen LogP contribution in [0.25, 0.3) is 11.3 Å². The molecule has 1 aromatic carbocycles. The standard InChI is InChI=1S/C33H45N2P.C2H6/c1-9-10-16-29-27(7)34-32(33(8)18-13-14-24(4)21-33)31(35-29)28-15-11-12-17-30(28)36-22-26(6)20-25(5)19-23(2)3;1-2/h9,11-15,17,19,24,26,36H,1-2,10,16,18,20-22H2,3-8H3;1-2H3/b25-19-;/t24?,26-,33?;/m1./s1. The molecule has 3 rings (SSSR count). The highest BCUT2D eigenvalue weighted by molar-refractivity contribution is 7.47. The quantitative estimate of drug-likeness (QED) is 0.164. The van der Waals surface area contributed by atoms with Crippen LogP contribution in [0.15, 0.2) is 72.9 Å². The van der Waals surface area contributed by atoms with Gasteiger partial charge in [0.2, 0.25) is 0 Å². The molecule has 206 valence electrons. The number of allylic oxidation sites excluding steroid dienone is 6. The molecule has 1 aliphatic rings. The molecule has 0 amide bonds. The normalized spacial score (nSPS) is 20.2. The summed E-state index contributed by atoms with van der Waals surface area (Å²) in [5.41, 5.74) is 8.23. The van der Waals surface area contributed by atoms with Gasteiger partial charge in [0.15, 0.2) is 0 Å². The Hall–Kier alpha value is -2.31. The summed E-state index contributed by atoms with van der Waals surface area (Å²) < 4.78 is 0. The van der Waals surface area contributed by atoms with E-state index in [-0.39, 0.29) is 5.41 Å². The number of hydrogen-bond acceptors (Lipinski definition) is 2. The van der Waals surface area contributed by atoms with Crippen molar-refractivity contribution in [3.63, 3.8) is 0 Å². The molecule has 2 aromatic rings. The van der Waals surface area contributed by atoms with Crippen LogP contribution in [0, 0.1) is 18.8 Å². The maximum atomic E-state index is 5.35. The van der Waals surface area contributed by atoms with Gasteiger partial charge in [0, 0.05) is 11.0 Å². The summed E-state index contributed by atoms with van der Waals surface area (Å²) in [4.78, 5) is 10.6. The van der Waals surface area contributed by atoms with E-state index in [0.29, 0.717) is 11.8 Å². The van der Waals surface area contributed by atoms with Crippen molar-refractivity contribution in [1.29, 1.82) is 0 Å². The van der Waals surface area contributed by atoms with Gasteiger partial charge in [-0.3, -0.25) is 4.98 Å². The maximum absolute atomic E-state index is 5.35. The molecule has 0 N–H and O–H groups in total. The highest BCUT2D eigenvalue weighted by Gasteiger charge is 2.35. The molecule has 3 heteroatoms. The van der Waals surface area contributed by atoms with Crippen LogP contribution in [-0.4, -0.2) is 16.1 Å². The second-order valence-corrected chi connectivity index (χ2v) is 12.5. The first-order valence-electron chi connectivity index (χ1n) is 14.4. The third-order valence-corrected chi connectivity index (χ3v) is 8.84. The van der Waals surface area contributed by atoms with E-state index < -0.39 is 0 Å². The monoisotopic (exact) mass is 530 g/mol. The lowest BCUT2D eigenvalue weighted by molar-refractivity contribution is 0.363. The highest BCUT2D eigenvalue weighted by Crippen LogP contribution is 2.42. The van der Waals surface area contributed by atoms with E-state index in [4.69, 9.17) is 9.97 Å². The van der Waals surface area contributed by atoms with Gasteiger partial charge in [-0.15, -0.1) is 6.58 Å². The molecule has 3 unspecified atom stereocenters. The van der Waals surface area contributed by atoms with Crippen molar-refractivity contribution in [3.05, 3.63) is 90.0 Å². The van der Waals surface area contributed by atoms with Gasteiger partial charge in [-0.25, -0.2) is 4.98 Å². The Kier molecular flexibility index (Phi) is 12.9. The van der Waals surface area contributed by atoms with Gasteiger partial charge < -0.3 is 0 Å². The minimum atomic E-state index is -0.00774. The first-order valence-corrected chi connectivity index (χ1v) is 15.6. The highest BCUT2D eigenvalue weighted by atomic mass is 31.1. The molecule has 38 heavy (non-hydrogen) atoms. The number of aromatic nitrogens is 2. The first-order chi connectivity index (χ1) is 18.1. The van der Waals surface area contributed by atoms with Crippen LogP contribution in [0.3, 0.4) is 0 Å². The second kappa shape index (κ2) is 15.3. The van der Waals surface area contributed by atoms with E-state index in [1.54, 1.807) is 0 Å². The lowest BCUT2D eigenvalue weighted by Gasteiger charge is -2.35. The number of rotatable bonds is 11. The summed E-state index contributed by atoms with van der Waals surface area (Å²) in [6.45, 7) is 25.4. The molecule has 4 atom stereocenters. The fourth-order valence-electron chi connectivity index (χ4n) is 5.48. The third kappa shape index (κ3) is 8.88. The Morgan fingerprint density at radius 1 is 1.21 bits per heavy atom. The van der Waals surface area contributed by atoms with E-state index in [1.807, 2.05) is 19.9 Å². The molecule has 0 saturated carbocycles. The average Bonchev–Trinajstić information content (AvgIpc) is 2.87. The van der Waals surface area contributed by atoms with E-state index in [2.05, 4.69) is 97.2 Å². The Morgan fingerprint density at radius 3 is 2.58 bits per heavy atom. The van der Waals surface area contributed by atoms with Crippen molar-refractivity contribution in [2.75, 3.05) is 6.16 Å². The largest absolute Gasteiger partial charge is 0.253 e. The summed E-state index contributed by atoms with van der Waals surface area (Å²) in [5.74, 6) is 1.17. The van der Waals surface area contributed by atoms with Crippen LogP contribution in [-0.2, 0) is 11.8 Å². The van der Waals surface area contributed by atoms with Gasteiger partial charge >= 0.3 is 0 Å². The molecule has 1 aliphatic carbocycles. The lowest BCUT2D eigenvalue weighted by Crippen LogP contribution is -2.30. The summed E-state index contributed by atoms with van der Waals surface area (Å²) in [7, 11) is 0.742.